The molecule has 0 unspecified atom stereocenters. The van der Waals surface area contributed by atoms with Gasteiger partial charge in [0.05, 0.1) is 0 Å². The fraction of sp³-hybridized carbons (Fsp3) is 0.529. The monoisotopic (exact) mass is 322 g/mol. The Labute approximate surface area is 136 Å². The molecule has 0 radical (unpaired) electrons. The van der Waals surface area contributed by atoms with E-state index in [0.29, 0.717) is 38.5 Å². The summed E-state index contributed by atoms with van der Waals surface area (Å²) in [5.41, 5.74) is 0. The molecule has 1 aromatic rings. The van der Waals surface area contributed by atoms with Crippen molar-refractivity contribution in [3.8, 4) is 5.75 Å². The highest BCUT2D eigenvalue weighted by molar-refractivity contribution is 5.79. The highest BCUT2D eigenvalue weighted by atomic mass is 19.1. The molecular formula is C17H23FN2O3. The van der Waals surface area contributed by atoms with Gasteiger partial charge in [0.1, 0.15) is 0 Å². The summed E-state index contributed by atoms with van der Waals surface area (Å²) in [4.78, 5) is 27.5. The lowest BCUT2D eigenvalue weighted by atomic mass is 10.1. The topological polar surface area (TPSA) is 49.9 Å². The number of rotatable bonds is 5. The van der Waals surface area contributed by atoms with Crippen molar-refractivity contribution in [3.05, 3.63) is 30.1 Å². The van der Waals surface area contributed by atoms with Gasteiger partial charge in [-0.1, -0.05) is 26.0 Å². The summed E-state index contributed by atoms with van der Waals surface area (Å²) in [5.74, 6) is -0.133. The standard InChI is InChI=1S/C17H23FN2O3/c1-13(2)11-16(21)19-7-9-20(10-8-19)17(22)12-23-15-6-4-3-5-14(15)18/h3-6,13H,7-12H2,1-2H3. The van der Waals surface area contributed by atoms with Crippen molar-refractivity contribution in [2.45, 2.75) is 20.3 Å². The van der Waals surface area contributed by atoms with E-state index in [1.807, 2.05) is 13.8 Å². The van der Waals surface area contributed by atoms with Crippen molar-refractivity contribution in [1.29, 1.82) is 0 Å². The Bertz CT molecular complexity index is 555. The number of para-hydroxylation sites is 1. The second kappa shape index (κ2) is 7.94. The molecule has 1 aromatic carbocycles. The smallest absolute Gasteiger partial charge is 0.260 e. The Hall–Kier alpha value is -2.11. The highest BCUT2D eigenvalue weighted by Crippen LogP contribution is 2.15. The number of carbonyl (C=O) groups is 2. The van der Waals surface area contributed by atoms with Gasteiger partial charge in [-0.3, -0.25) is 9.59 Å². The molecule has 1 aliphatic rings. The van der Waals surface area contributed by atoms with Crippen molar-refractivity contribution >= 4 is 11.8 Å². The van der Waals surface area contributed by atoms with Crippen molar-refractivity contribution in [1.82, 2.24) is 9.80 Å². The van der Waals surface area contributed by atoms with Crippen molar-refractivity contribution in [3.63, 3.8) is 0 Å². The van der Waals surface area contributed by atoms with Crippen LogP contribution in [0.1, 0.15) is 20.3 Å². The van der Waals surface area contributed by atoms with Gasteiger partial charge in [-0.05, 0) is 18.1 Å². The number of amides is 2. The predicted octanol–water partition coefficient (Wildman–Crippen LogP) is 1.92. The van der Waals surface area contributed by atoms with Gasteiger partial charge in [0.15, 0.2) is 18.2 Å². The quantitative estimate of drug-likeness (QED) is 0.832. The molecule has 2 rings (SSSR count). The molecule has 0 atom stereocenters. The Kier molecular flexibility index (Phi) is 5.96. The third kappa shape index (κ3) is 4.94. The van der Waals surface area contributed by atoms with E-state index in [1.54, 1.807) is 21.9 Å². The summed E-state index contributed by atoms with van der Waals surface area (Å²) in [7, 11) is 0. The SMILES string of the molecule is CC(C)CC(=O)N1CCN(C(=O)COc2ccccc2F)CC1. The second-order valence-electron chi connectivity index (χ2n) is 6.08. The normalized spacial score (nSPS) is 15.0. The molecule has 1 saturated heterocycles. The van der Waals surface area contributed by atoms with Crippen LogP contribution in [-0.4, -0.2) is 54.4 Å². The maximum atomic E-state index is 13.4. The van der Waals surface area contributed by atoms with E-state index in [1.165, 1.54) is 12.1 Å². The minimum Gasteiger partial charge on any atom is -0.481 e. The van der Waals surface area contributed by atoms with Crippen LogP contribution >= 0.6 is 0 Å². The third-order valence-corrected chi connectivity index (χ3v) is 3.76. The first-order chi connectivity index (χ1) is 11.0. The van der Waals surface area contributed by atoms with Gasteiger partial charge in [-0.25, -0.2) is 4.39 Å². The molecule has 0 N–H and O–H groups in total. The Morgan fingerprint density at radius 3 is 2.22 bits per heavy atom. The lowest BCUT2D eigenvalue weighted by Crippen LogP contribution is -2.51. The number of ether oxygens (including phenoxy) is 1. The molecule has 5 nitrogen and oxygen atoms in total. The fourth-order valence-electron chi connectivity index (χ4n) is 2.48. The molecule has 2 amide bonds. The van der Waals surface area contributed by atoms with Crippen LogP contribution < -0.4 is 4.74 Å². The van der Waals surface area contributed by atoms with Gasteiger partial charge in [0, 0.05) is 32.6 Å². The zero-order chi connectivity index (χ0) is 16.8. The van der Waals surface area contributed by atoms with Gasteiger partial charge in [-0.15, -0.1) is 0 Å². The van der Waals surface area contributed by atoms with Gasteiger partial charge in [-0.2, -0.15) is 0 Å². The van der Waals surface area contributed by atoms with Gasteiger partial charge >= 0.3 is 0 Å². The van der Waals surface area contributed by atoms with Crippen LogP contribution in [0.4, 0.5) is 4.39 Å². The van der Waals surface area contributed by atoms with Crippen LogP contribution in [0, 0.1) is 11.7 Å². The Morgan fingerprint density at radius 2 is 1.65 bits per heavy atom. The number of nitrogens with zero attached hydrogens (tertiary/aromatic N) is 2. The molecule has 0 aromatic heterocycles. The van der Waals surface area contributed by atoms with E-state index >= 15 is 0 Å². The van der Waals surface area contributed by atoms with Gasteiger partial charge in [0.2, 0.25) is 5.91 Å². The van der Waals surface area contributed by atoms with E-state index in [2.05, 4.69) is 0 Å². The minimum absolute atomic E-state index is 0.0756. The summed E-state index contributed by atoms with van der Waals surface area (Å²) >= 11 is 0. The second-order valence-corrected chi connectivity index (χ2v) is 6.08. The summed E-state index contributed by atoms with van der Waals surface area (Å²) < 4.78 is 18.7. The Morgan fingerprint density at radius 1 is 1.09 bits per heavy atom. The average Bonchev–Trinajstić information content (AvgIpc) is 2.53. The van der Waals surface area contributed by atoms with E-state index in [9.17, 15) is 14.0 Å². The lowest BCUT2D eigenvalue weighted by molar-refractivity contribution is -0.141. The van der Waals surface area contributed by atoms with E-state index < -0.39 is 5.82 Å². The average molecular weight is 322 g/mol. The summed E-state index contributed by atoms with van der Waals surface area (Å²) in [6.07, 6.45) is 0.532. The molecule has 0 saturated carbocycles. The molecule has 0 bridgehead atoms. The number of carbonyl (C=O) groups excluding carboxylic acids is 2. The van der Waals surface area contributed by atoms with Crippen LogP contribution in [0.2, 0.25) is 0 Å². The van der Waals surface area contributed by atoms with Crippen molar-refractivity contribution in [2.75, 3.05) is 32.8 Å². The first-order valence-corrected chi connectivity index (χ1v) is 7.90. The maximum Gasteiger partial charge on any atom is 0.260 e. The predicted molar refractivity (Wildman–Crippen MR) is 84.5 cm³/mol. The minimum atomic E-state index is -0.482. The summed E-state index contributed by atoms with van der Waals surface area (Å²) in [6.45, 7) is 5.89. The highest BCUT2D eigenvalue weighted by Gasteiger charge is 2.24. The zero-order valence-electron chi connectivity index (χ0n) is 13.6. The maximum absolute atomic E-state index is 13.4. The van der Waals surface area contributed by atoms with E-state index in [4.69, 9.17) is 4.74 Å². The molecule has 23 heavy (non-hydrogen) atoms. The number of benzene rings is 1. The number of hydrogen-bond acceptors (Lipinski definition) is 3. The molecule has 1 aliphatic heterocycles. The van der Waals surface area contributed by atoms with E-state index in [-0.39, 0.29) is 24.2 Å². The molecule has 0 spiro atoms. The first-order valence-electron chi connectivity index (χ1n) is 7.90. The van der Waals surface area contributed by atoms with Crippen LogP contribution in [0.25, 0.3) is 0 Å². The fourth-order valence-corrected chi connectivity index (χ4v) is 2.48. The van der Waals surface area contributed by atoms with Crippen molar-refractivity contribution in [2.24, 2.45) is 5.92 Å². The summed E-state index contributed by atoms with van der Waals surface area (Å²) in [5, 5.41) is 0. The van der Waals surface area contributed by atoms with E-state index in [0.717, 1.165) is 0 Å². The van der Waals surface area contributed by atoms with Crippen LogP contribution in [-0.2, 0) is 9.59 Å². The van der Waals surface area contributed by atoms with Crippen LogP contribution in [0.15, 0.2) is 24.3 Å². The number of halogens is 1. The largest absolute Gasteiger partial charge is 0.481 e. The summed E-state index contributed by atoms with van der Waals surface area (Å²) in [6, 6.07) is 6.00. The molecular weight excluding hydrogens is 299 g/mol. The molecule has 1 fully saturated rings. The van der Waals surface area contributed by atoms with Crippen molar-refractivity contribution < 1.29 is 18.7 Å². The molecule has 6 heteroatoms. The van der Waals surface area contributed by atoms with Crippen LogP contribution in [0.3, 0.4) is 0 Å². The lowest BCUT2D eigenvalue weighted by Gasteiger charge is -2.35. The zero-order valence-corrected chi connectivity index (χ0v) is 13.6. The number of piperazine rings is 1. The molecule has 126 valence electrons. The number of hydrogen-bond donors (Lipinski definition) is 0. The van der Waals surface area contributed by atoms with Gasteiger partial charge < -0.3 is 14.5 Å². The molecule has 1 heterocycles. The Balaban J connectivity index is 1.77. The first kappa shape index (κ1) is 17.2. The third-order valence-electron chi connectivity index (χ3n) is 3.76. The molecule has 0 aliphatic carbocycles. The van der Waals surface area contributed by atoms with Gasteiger partial charge in [0.25, 0.3) is 5.91 Å². The van der Waals surface area contributed by atoms with Crippen LogP contribution in [0.5, 0.6) is 5.75 Å².